The van der Waals surface area contributed by atoms with Gasteiger partial charge in [-0.3, -0.25) is 8.97 Å². The van der Waals surface area contributed by atoms with Crippen molar-refractivity contribution < 1.29 is 4.55 Å². The second-order valence-electron chi connectivity index (χ2n) is 11.2. The molecule has 0 radical (unpaired) electrons. The summed E-state index contributed by atoms with van der Waals surface area (Å²) in [4.78, 5) is 5.83. The Morgan fingerprint density at radius 2 is 1.23 bits per heavy atom. The van der Waals surface area contributed by atoms with Crippen molar-refractivity contribution in [1.29, 1.82) is 0 Å². The second-order valence-corrected chi connectivity index (χ2v) is 12.6. The SMILES string of the molecule is Cc1ccc([S+]([O-])n2c3ccccc3c3cc(-c4ccc5c(c4)n4c6ccccc6nc4n5-c4ccccc4)ccc32)cc1. The molecule has 3 aromatic heterocycles. The highest BCUT2D eigenvalue weighted by molar-refractivity contribution is 7.90. The highest BCUT2D eigenvalue weighted by atomic mass is 32.2. The van der Waals surface area contributed by atoms with E-state index in [1.165, 1.54) is 0 Å². The number of imidazole rings is 2. The van der Waals surface area contributed by atoms with Crippen LogP contribution in [0.5, 0.6) is 0 Å². The summed E-state index contributed by atoms with van der Waals surface area (Å²) in [6, 6.07) is 48.0. The van der Waals surface area contributed by atoms with Crippen LogP contribution in [0.4, 0.5) is 0 Å². The van der Waals surface area contributed by atoms with Gasteiger partial charge in [-0.2, -0.15) is 3.97 Å². The molecule has 3 heterocycles. The number of rotatable bonds is 4. The maximum absolute atomic E-state index is 13.9. The van der Waals surface area contributed by atoms with Gasteiger partial charge < -0.3 is 4.55 Å². The van der Waals surface area contributed by atoms with Gasteiger partial charge in [0.25, 0.3) is 0 Å². The fraction of sp³-hybridized carbons (Fsp3) is 0.0263. The molecular weight excluding hydrogens is 561 g/mol. The van der Waals surface area contributed by atoms with Crippen LogP contribution in [-0.4, -0.2) is 22.5 Å². The van der Waals surface area contributed by atoms with Crippen LogP contribution in [0.15, 0.2) is 144 Å². The van der Waals surface area contributed by atoms with E-state index in [9.17, 15) is 4.55 Å². The standard InChI is InChI=1S/C38H26N4OS/c1-25-15-19-29(20-16-25)44(43)42-33-13-7-5-11-30(33)31-23-26(17-21-34(31)42)27-18-22-36-37(24-27)41-35-14-8-6-12-32(35)39-38(41)40(36)28-9-3-2-4-10-28/h2-24H,1H3. The van der Waals surface area contributed by atoms with Gasteiger partial charge in [0.1, 0.15) is 11.4 Å². The third-order valence-electron chi connectivity index (χ3n) is 8.56. The molecule has 6 heteroatoms. The van der Waals surface area contributed by atoms with Gasteiger partial charge >= 0.3 is 0 Å². The first-order chi connectivity index (χ1) is 21.7. The summed E-state index contributed by atoms with van der Waals surface area (Å²) in [5, 5.41) is 2.17. The molecule has 44 heavy (non-hydrogen) atoms. The minimum absolute atomic E-state index is 0.785. The number of aryl methyl sites for hydroxylation is 1. The average Bonchev–Trinajstić information content (AvgIpc) is 3.71. The van der Waals surface area contributed by atoms with Crippen molar-refractivity contribution in [2.45, 2.75) is 11.8 Å². The molecule has 0 amide bonds. The predicted molar refractivity (Wildman–Crippen MR) is 181 cm³/mol. The number of para-hydroxylation sites is 4. The van der Waals surface area contributed by atoms with Gasteiger partial charge in [0.15, 0.2) is 4.90 Å². The number of benzene rings is 6. The predicted octanol–water partition coefficient (Wildman–Crippen LogP) is 9.09. The Hall–Kier alpha value is -5.30. The van der Waals surface area contributed by atoms with E-state index in [0.29, 0.717) is 0 Å². The molecule has 0 aliphatic carbocycles. The molecule has 9 rings (SSSR count). The van der Waals surface area contributed by atoms with Crippen molar-refractivity contribution in [3.63, 3.8) is 0 Å². The van der Waals surface area contributed by atoms with Crippen LogP contribution in [0.3, 0.4) is 0 Å². The summed E-state index contributed by atoms with van der Waals surface area (Å²) in [5.41, 5.74) is 10.6. The van der Waals surface area contributed by atoms with Crippen molar-refractivity contribution in [3.05, 3.63) is 145 Å². The molecule has 0 bridgehead atoms. The monoisotopic (exact) mass is 586 g/mol. The van der Waals surface area contributed by atoms with Crippen molar-refractivity contribution in [2.24, 2.45) is 0 Å². The maximum atomic E-state index is 13.9. The fourth-order valence-corrected chi connectivity index (χ4v) is 7.72. The van der Waals surface area contributed by atoms with Gasteiger partial charge in [-0.05, 0) is 84.8 Å². The number of fused-ring (bicyclic) bond motifs is 8. The Bertz CT molecular complexity index is 2520. The van der Waals surface area contributed by atoms with E-state index in [-0.39, 0.29) is 0 Å². The first-order valence-electron chi connectivity index (χ1n) is 14.7. The minimum Gasteiger partial charge on any atom is -0.587 e. The third-order valence-corrected chi connectivity index (χ3v) is 9.97. The Morgan fingerprint density at radius 3 is 2.05 bits per heavy atom. The van der Waals surface area contributed by atoms with Crippen molar-refractivity contribution in [2.75, 3.05) is 0 Å². The van der Waals surface area contributed by atoms with Gasteiger partial charge in [-0.15, -0.1) is 0 Å². The number of hydrogen-bond acceptors (Lipinski definition) is 2. The van der Waals surface area contributed by atoms with Crippen LogP contribution in [0.1, 0.15) is 5.56 Å². The van der Waals surface area contributed by atoms with Crippen LogP contribution >= 0.6 is 0 Å². The van der Waals surface area contributed by atoms with Gasteiger partial charge in [0, 0.05) is 16.5 Å². The van der Waals surface area contributed by atoms with Gasteiger partial charge in [-0.1, -0.05) is 78.4 Å². The van der Waals surface area contributed by atoms with Crippen molar-refractivity contribution in [1.82, 2.24) is 17.9 Å². The fourth-order valence-electron chi connectivity index (χ4n) is 6.47. The number of nitrogens with zero attached hydrogens (tertiary/aromatic N) is 4. The Balaban J connectivity index is 1.26. The topological polar surface area (TPSA) is 50.2 Å². The number of hydrogen-bond donors (Lipinski definition) is 0. The summed E-state index contributed by atoms with van der Waals surface area (Å²) < 4.78 is 20.4. The zero-order valence-electron chi connectivity index (χ0n) is 23.9. The molecule has 0 fully saturated rings. The largest absolute Gasteiger partial charge is 0.587 e. The normalized spacial score (nSPS) is 12.7. The zero-order valence-corrected chi connectivity index (χ0v) is 24.7. The zero-order chi connectivity index (χ0) is 29.4. The minimum atomic E-state index is -1.38. The van der Waals surface area contributed by atoms with Crippen LogP contribution in [0.25, 0.3) is 66.5 Å². The van der Waals surface area contributed by atoms with Gasteiger partial charge in [-0.25, -0.2) is 4.98 Å². The molecule has 0 saturated heterocycles. The molecule has 9 aromatic rings. The van der Waals surface area contributed by atoms with Crippen molar-refractivity contribution in [3.8, 4) is 16.8 Å². The van der Waals surface area contributed by atoms with Gasteiger partial charge in [0.2, 0.25) is 5.78 Å². The van der Waals surface area contributed by atoms with Gasteiger partial charge in [0.05, 0.1) is 33.1 Å². The maximum Gasteiger partial charge on any atom is 0.220 e. The summed E-state index contributed by atoms with van der Waals surface area (Å²) in [6.45, 7) is 2.04. The average molecular weight is 587 g/mol. The Morgan fingerprint density at radius 1 is 0.568 bits per heavy atom. The van der Waals surface area contributed by atoms with Crippen LogP contribution in [0.2, 0.25) is 0 Å². The summed E-state index contributed by atoms with van der Waals surface area (Å²) in [6.07, 6.45) is 0. The lowest BCUT2D eigenvalue weighted by Crippen LogP contribution is -2.12. The van der Waals surface area contributed by atoms with E-state index >= 15 is 0 Å². The highest BCUT2D eigenvalue weighted by Gasteiger charge is 2.23. The highest BCUT2D eigenvalue weighted by Crippen LogP contribution is 2.37. The molecule has 210 valence electrons. The molecule has 5 nitrogen and oxygen atoms in total. The summed E-state index contributed by atoms with van der Waals surface area (Å²) in [5.74, 6) is 0.890. The lowest BCUT2D eigenvalue weighted by Gasteiger charge is -2.13. The summed E-state index contributed by atoms with van der Waals surface area (Å²) >= 11 is -1.38. The molecule has 0 aliphatic rings. The first-order valence-corrected chi connectivity index (χ1v) is 15.8. The molecule has 6 aromatic carbocycles. The third kappa shape index (κ3) is 3.68. The van der Waals surface area contributed by atoms with E-state index < -0.39 is 11.4 Å². The Labute approximate surface area is 256 Å². The molecule has 0 aliphatic heterocycles. The lowest BCUT2D eigenvalue weighted by molar-refractivity contribution is 0.589. The molecular formula is C38H26N4OS. The van der Waals surface area contributed by atoms with Crippen LogP contribution in [-0.2, 0) is 11.4 Å². The molecule has 1 unspecified atom stereocenters. The quantitative estimate of drug-likeness (QED) is 0.193. The van der Waals surface area contributed by atoms with Crippen LogP contribution < -0.4 is 0 Å². The van der Waals surface area contributed by atoms with E-state index in [4.69, 9.17) is 4.98 Å². The first kappa shape index (κ1) is 25.2. The Kier molecular flexibility index (Phi) is 5.51. The van der Waals surface area contributed by atoms with E-state index in [0.717, 1.165) is 76.9 Å². The summed E-state index contributed by atoms with van der Waals surface area (Å²) in [7, 11) is 0. The smallest absolute Gasteiger partial charge is 0.220 e. The lowest BCUT2D eigenvalue weighted by atomic mass is 10.0. The number of aromatic nitrogens is 4. The molecule has 0 saturated carbocycles. The van der Waals surface area contributed by atoms with E-state index in [1.54, 1.807) is 0 Å². The molecule has 0 spiro atoms. The van der Waals surface area contributed by atoms with E-state index in [2.05, 4.69) is 100.0 Å². The van der Waals surface area contributed by atoms with E-state index in [1.807, 2.05) is 59.4 Å². The molecule has 1 atom stereocenters. The van der Waals surface area contributed by atoms with Crippen LogP contribution in [0, 0.1) is 6.92 Å². The molecule has 0 N–H and O–H groups in total. The van der Waals surface area contributed by atoms with Crippen molar-refractivity contribution >= 4 is 61.0 Å². The second kappa shape index (κ2) is 9.61.